The van der Waals surface area contributed by atoms with Crippen molar-refractivity contribution in [3.63, 3.8) is 0 Å². The lowest BCUT2D eigenvalue weighted by Gasteiger charge is -2.08. The maximum atomic E-state index is 12.2. The van der Waals surface area contributed by atoms with Gasteiger partial charge in [0.15, 0.2) is 17.3 Å². The van der Waals surface area contributed by atoms with E-state index in [2.05, 4.69) is 0 Å². The van der Waals surface area contributed by atoms with Gasteiger partial charge in [0.1, 0.15) is 0 Å². The molecule has 7 heteroatoms. The molecule has 2 aliphatic heterocycles. The first-order chi connectivity index (χ1) is 11.0. The number of ketones is 1. The molecule has 1 atom stereocenters. The molecule has 0 aliphatic carbocycles. The molecule has 1 aromatic carbocycles. The molecule has 0 spiro atoms. The number of rotatable bonds is 4. The maximum absolute atomic E-state index is 12.2. The highest BCUT2D eigenvalue weighted by Gasteiger charge is 2.23. The first kappa shape index (κ1) is 16.0. The summed E-state index contributed by atoms with van der Waals surface area (Å²) in [6.07, 6.45) is 2.81. The third-order valence-electron chi connectivity index (χ3n) is 3.24. The van der Waals surface area contributed by atoms with Gasteiger partial charge in [-0.15, -0.1) is 23.5 Å². The quantitative estimate of drug-likeness (QED) is 0.466. The number of thioether (sulfide) groups is 2. The van der Waals surface area contributed by atoms with E-state index < -0.39 is 11.8 Å². The lowest BCUT2D eigenvalue weighted by molar-refractivity contribution is -0.298. The van der Waals surface area contributed by atoms with Crippen LogP contribution in [0.5, 0.6) is 11.5 Å². The van der Waals surface area contributed by atoms with Crippen molar-refractivity contribution in [1.29, 1.82) is 0 Å². The molecule has 2 heterocycles. The number of hydrogen-bond acceptors (Lipinski definition) is 7. The number of carbonyl (C=O) groups excluding carboxylic acids is 2. The van der Waals surface area contributed by atoms with Crippen molar-refractivity contribution in [3.8, 4) is 11.5 Å². The van der Waals surface area contributed by atoms with Crippen LogP contribution < -0.4 is 14.6 Å². The van der Waals surface area contributed by atoms with E-state index in [1.54, 1.807) is 24.3 Å². The second-order valence-electron chi connectivity index (χ2n) is 5.00. The van der Waals surface area contributed by atoms with Crippen LogP contribution in [0.25, 0.3) is 6.08 Å². The van der Waals surface area contributed by atoms with Gasteiger partial charge in [-0.05, 0) is 23.8 Å². The highest BCUT2D eigenvalue weighted by molar-refractivity contribution is 8.25. The van der Waals surface area contributed by atoms with Crippen LogP contribution in [0.4, 0.5) is 0 Å². The molecule has 2 aliphatic rings. The summed E-state index contributed by atoms with van der Waals surface area (Å²) in [5.41, 5.74) is 0.465. The van der Waals surface area contributed by atoms with Crippen LogP contribution in [0.3, 0.4) is 0 Å². The van der Waals surface area contributed by atoms with Crippen molar-refractivity contribution in [2.75, 3.05) is 12.5 Å². The fourth-order valence-electron chi connectivity index (χ4n) is 2.13. The van der Waals surface area contributed by atoms with Crippen LogP contribution in [-0.2, 0) is 9.59 Å². The number of aliphatic carboxylic acids is 1. The summed E-state index contributed by atoms with van der Waals surface area (Å²) < 4.78 is 11.0. The Hall–Kier alpha value is -1.86. The Morgan fingerprint density at radius 2 is 2.09 bits per heavy atom. The van der Waals surface area contributed by atoms with Gasteiger partial charge in [0.25, 0.3) is 0 Å². The fourth-order valence-corrected chi connectivity index (χ4v) is 4.96. The van der Waals surface area contributed by atoms with Crippen LogP contribution >= 0.6 is 23.5 Å². The molecule has 0 amide bonds. The number of carbonyl (C=O) groups is 2. The van der Waals surface area contributed by atoms with E-state index >= 15 is 0 Å². The van der Waals surface area contributed by atoms with Crippen molar-refractivity contribution >= 4 is 41.4 Å². The minimum Gasteiger partial charge on any atom is -0.545 e. The van der Waals surface area contributed by atoms with Gasteiger partial charge in [0.05, 0.1) is 15.8 Å². The zero-order valence-electron chi connectivity index (χ0n) is 12.2. The summed E-state index contributed by atoms with van der Waals surface area (Å²) in [7, 11) is 0. The Labute approximate surface area is 141 Å². The van der Waals surface area contributed by atoms with E-state index in [-0.39, 0.29) is 17.6 Å². The number of hydrogen-bond donors (Lipinski definition) is 0. The molecule has 0 radical (unpaired) electrons. The minimum atomic E-state index is -1.44. The molecule has 1 saturated heterocycles. The molecule has 5 nitrogen and oxygen atoms in total. The zero-order valence-corrected chi connectivity index (χ0v) is 13.9. The van der Waals surface area contributed by atoms with E-state index in [1.807, 2.05) is 6.92 Å². The molecule has 0 bridgehead atoms. The lowest BCUT2D eigenvalue weighted by Crippen LogP contribution is -2.28. The molecular formula is C16H13O5S2-. The average Bonchev–Trinajstić information content (AvgIpc) is 3.13. The van der Waals surface area contributed by atoms with E-state index in [1.165, 1.54) is 29.6 Å². The van der Waals surface area contributed by atoms with Crippen molar-refractivity contribution < 1.29 is 24.2 Å². The summed E-state index contributed by atoms with van der Waals surface area (Å²) in [5, 5.41) is 11.6. The molecule has 0 N–H and O–H groups in total. The number of carboxylic acid groups (broad SMARTS) is 1. The molecular weight excluding hydrogens is 336 g/mol. The smallest absolute Gasteiger partial charge is 0.231 e. The highest BCUT2D eigenvalue weighted by atomic mass is 32.2. The van der Waals surface area contributed by atoms with Gasteiger partial charge in [-0.25, -0.2) is 0 Å². The topological polar surface area (TPSA) is 75.7 Å². The molecule has 0 saturated carbocycles. The van der Waals surface area contributed by atoms with Gasteiger partial charge < -0.3 is 19.4 Å². The number of carboxylic acids is 1. The first-order valence-electron chi connectivity index (χ1n) is 6.91. The monoisotopic (exact) mass is 349 g/mol. The van der Waals surface area contributed by atoms with Crippen LogP contribution in [-0.4, -0.2) is 29.5 Å². The Balaban J connectivity index is 1.80. The van der Waals surface area contributed by atoms with E-state index in [0.29, 0.717) is 15.7 Å². The Morgan fingerprint density at radius 3 is 2.78 bits per heavy atom. The van der Waals surface area contributed by atoms with Crippen molar-refractivity contribution in [3.05, 3.63) is 39.6 Å². The zero-order chi connectivity index (χ0) is 16.4. The summed E-state index contributed by atoms with van der Waals surface area (Å²) in [6.45, 7) is 2.17. The average molecular weight is 349 g/mol. The van der Waals surface area contributed by atoms with Crippen LogP contribution in [0.1, 0.15) is 12.5 Å². The second-order valence-corrected chi connectivity index (χ2v) is 7.74. The van der Waals surface area contributed by atoms with E-state index in [9.17, 15) is 14.7 Å². The third kappa shape index (κ3) is 3.56. The van der Waals surface area contributed by atoms with E-state index in [4.69, 9.17) is 9.47 Å². The molecule has 1 aromatic rings. The van der Waals surface area contributed by atoms with Crippen molar-refractivity contribution in [2.24, 2.45) is 0 Å². The molecule has 0 unspecified atom stereocenters. The number of allylic oxidation sites excluding steroid dienone is 1. The molecule has 0 aromatic heterocycles. The second kappa shape index (κ2) is 6.72. The normalized spacial score (nSPS) is 21.7. The first-order valence-corrected chi connectivity index (χ1v) is 8.78. The molecule has 3 rings (SSSR count). The maximum Gasteiger partial charge on any atom is 0.231 e. The molecule has 120 valence electrons. The predicted molar refractivity (Wildman–Crippen MR) is 88.2 cm³/mol. The third-order valence-corrected chi connectivity index (χ3v) is 6.21. The van der Waals surface area contributed by atoms with Gasteiger partial charge >= 0.3 is 0 Å². The van der Waals surface area contributed by atoms with Crippen molar-refractivity contribution in [2.45, 2.75) is 12.2 Å². The Bertz CT molecular complexity index is 723. The number of benzene rings is 1. The van der Waals surface area contributed by atoms with Gasteiger partial charge in [0, 0.05) is 11.0 Å². The van der Waals surface area contributed by atoms with Gasteiger partial charge in [-0.2, -0.15) is 0 Å². The molecule has 1 fully saturated rings. The summed E-state index contributed by atoms with van der Waals surface area (Å²) in [6, 6.07) is 5.25. The largest absolute Gasteiger partial charge is 0.545 e. The van der Waals surface area contributed by atoms with E-state index in [0.717, 1.165) is 11.3 Å². The van der Waals surface area contributed by atoms with Crippen LogP contribution in [0.2, 0.25) is 0 Å². The Kier molecular flexibility index (Phi) is 4.68. The number of fused-ring (bicyclic) bond motifs is 1. The highest BCUT2D eigenvalue weighted by Crippen LogP contribution is 2.43. The SMILES string of the molecule is C[C@H]1CS/C(=C(/C(=O)[O-])C(=O)/C=C/c2ccc3c(c2)OCO3)S1. The fraction of sp³-hybridized carbons (Fsp3) is 0.250. The summed E-state index contributed by atoms with van der Waals surface area (Å²) in [5.74, 6) is 0.0458. The van der Waals surface area contributed by atoms with Gasteiger partial charge in [0.2, 0.25) is 6.79 Å². The van der Waals surface area contributed by atoms with Gasteiger partial charge in [-0.1, -0.05) is 19.1 Å². The molecule has 23 heavy (non-hydrogen) atoms. The lowest BCUT2D eigenvalue weighted by atomic mass is 10.1. The van der Waals surface area contributed by atoms with Crippen LogP contribution in [0.15, 0.2) is 34.1 Å². The standard InChI is InChI=1S/C16H14O5S2/c1-9-7-22-16(23-9)14(15(18)19)11(17)4-2-10-3-5-12-13(6-10)21-8-20-12/h2-6,9H,7-8H2,1H3,(H,18,19)/p-1/b4-2+,16-14-/t9-/m0/s1. The predicted octanol–water partition coefficient (Wildman–Crippen LogP) is 1.83. The summed E-state index contributed by atoms with van der Waals surface area (Å²) >= 11 is 2.78. The Morgan fingerprint density at radius 1 is 1.30 bits per heavy atom. The summed E-state index contributed by atoms with van der Waals surface area (Å²) in [4.78, 5) is 23.5. The van der Waals surface area contributed by atoms with Crippen molar-refractivity contribution in [1.82, 2.24) is 0 Å². The number of ether oxygens (including phenoxy) is 2. The minimum absolute atomic E-state index is 0.176. The van der Waals surface area contributed by atoms with Crippen LogP contribution in [0, 0.1) is 0 Å². The van der Waals surface area contributed by atoms with Gasteiger partial charge in [-0.3, -0.25) is 4.79 Å².